The summed E-state index contributed by atoms with van der Waals surface area (Å²) in [6, 6.07) is 2.10. The molecule has 1 saturated heterocycles. The number of nitrogens with zero attached hydrogens (tertiary/aromatic N) is 4. The van der Waals surface area contributed by atoms with E-state index in [-0.39, 0.29) is 0 Å². The fraction of sp³-hybridized carbons (Fsp3) is 0.733. The third kappa shape index (κ3) is 3.03. The maximum absolute atomic E-state index is 12.1. The molecule has 5 heteroatoms. The Kier molecular flexibility index (Phi) is 4.05. The standard InChI is InChI=1S/C15H24N4O/c1-2-19-14(6-7-16-19)12-17-8-3-9-18(11-10-17)15(20)13-4-5-13/h6-7,13H,2-5,8-12H2,1H3. The van der Waals surface area contributed by atoms with E-state index in [9.17, 15) is 4.79 Å². The summed E-state index contributed by atoms with van der Waals surface area (Å²) in [6.45, 7) is 7.85. The predicted molar refractivity (Wildman–Crippen MR) is 77.1 cm³/mol. The van der Waals surface area contributed by atoms with Gasteiger partial charge in [-0.2, -0.15) is 5.10 Å². The van der Waals surface area contributed by atoms with Crippen molar-refractivity contribution in [3.63, 3.8) is 0 Å². The van der Waals surface area contributed by atoms with Crippen molar-refractivity contribution in [1.29, 1.82) is 0 Å². The summed E-state index contributed by atoms with van der Waals surface area (Å²) in [4.78, 5) is 16.7. The average molecular weight is 276 g/mol. The largest absolute Gasteiger partial charge is 0.341 e. The lowest BCUT2D eigenvalue weighted by Gasteiger charge is -2.22. The monoisotopic (exact) mass is 276 g/mol. The average Bonchev–Trinajstić information content (AvgIpc) is 3.24. The van der Waals surface area contributed by atoms with Gasteiger partial charge in [0.2, 0.25) is 5.91 Å². The Labute approximate surface area is 120 Å². The van der Waals surface area contributed by atoms with E-state index >= 15 is 0 Å². The number of hydrogen-bond donors (Lipinski definition) is 0. The molecule has 110 valence electrons. The van der Waals surface area contributed by atoms with Crippen molar-refractivity contribution in [3.8, 4) is 0 Å². The minimum Gasteiger partial charge on any atom is -0.341 e. The summed E-state index contributed by atoms with van der Waals surface area (Å²) in [5.74, 6) is 0.744. The molecule has 0 bridgehead atoms. The molecule has 1 amide bonds. The lowest BCUT2D eigenvalue weighted by molar-refractivity contribution is -0.132. The second kappa shape index (κ2) is 5.95. The van der Waals surface area contributed by atoms with Gasteiger partial charge >= 0.3 is 0 Å². The Hall–Kier alpha value is -1.36. The minimum atomic E-state index is 0.350. The molecule has 1 aliphatic carbocycles. The maximum atomic E-state index is 12.1. The van der Waals surface area contributed by atoms with Gasteiger partial charge in [0.25, 0.3) is 0 Å². The quantitative estimate of drug-likeness (QED) is 0.833. The molecule has 0 radical (unpaired) electrons. The first-order chi connectivity index (χ1) is 9.78. The van der Waals surface area contributed by atoms with E-state index in [1.54, 1.807) is 0 Å². The molecule has 2 heterocycles. The second-order valence-corrected chi connectivity index (χ2v) is 5.87. The molecule has 1 aromatic rings. The van der Waals surface area contributed by atoms with Crippen molar-refractivity contribution >= 4 is 5.91 Å². The Morgan fingerprint density at radius 1 is 1.30 bits per heavy atom. The third-order valence-electron chi connectivity index (χ3n) is 4.32. The van der Waals surface area contributed by atoms with Crippen LogP contribution in [0.4, 0.5) is 0 Å². The Morgan fingerprint density at radius 2 is 2.15 bits per heavy atom. The molecule has 1 saturated carbocycles. The van der Waals surface area contributed by atoms with Crippen LogP contribution in [0.1, 0.15) is 31.9 Å². The minimum absolute atomic E-state index is 0.350. The van der Waals surface area contributed by atoms with Crippen molar-refractivity contribution in [2.24, 2.45) is 5.92 Å². The summed E-state index contributed by atoms with van der Waals surface area (Å²) in [5, 5.41) is 4.32. The molecule has 0 spiro atoms. The van der Waals surface area contributed by atoms with Crippen LogP contribution in [0.5, 0.6) is 0 Å². The van der Waals surface area contributed by atoms with Gasteiger partial charge < -0.3 is 4.90 Å². The summed E-state index contributed by atoms with van der Waals surface area (Å²) in [6.07, 6.45) is 5.17. The Bertz CT molecular complexity index is 466. The van der Waals surface area contributed by atoms with Gasteiger partial charge in [-0.25, -0.2) is 0 Å². The van der Waals surface area contributed by atoms with Crippen molar-refractivity contribution < 1.29 is 4.79 Å². The summed E-state index contributed by atoms with van der Waals surface area (Å²) in [7, 11) is 0. The van der Waals surface area contributed by atoms with Crippen LogP contribution >= 0.6 is 0 Å². The van der Waals surface area contributed by atoms with E-state index in [0.29, 0.717) is 11.8 Å². The molecule has 0 N–H and O–H groups in total. The molecule has 1 aliphatic heterocycles. The van der Waals surface area contributed by atoms with Crippen LogP contribution < -0.4 is 0 Å². The smallest absolute Gasteiger partial charge is 0.225 e. The zero-order chi connectivity index (χ0) is 13.9. The fourth-order valence-electron chi connectivity index (χ4n) is 2.95. The molecule has 1 aromatic heterocycles. The molecule has 0 atom stereocenters. The van der Waals surface area contributed by atoms with Crippen LogP contribution in [-0.2, 0) is 17.9 Å². The van der Waals surface area contributed by atoms with Crippen molar-refractivity contribution in [2.45, 2.75) is 39.3 Å². The fourth-order valence-corrected chi connectivity index (χ4v) is 2.95. The number of hydrogen-bond acceptors (Lipinski definition) is 3. The number of aromatic nitrogens is 2. The number of carbonyl (C=O) groups is 1. The van der Waals surface area contributed by atoms with Crippen molar-refractivity contribution in [2.75, 3.05) is 26.2 Å². The first-order valence-corrected chi connectivity index (χ1v) is 7.79. The zero-order valence-corrected chi connectivity index (χ0v) is 12.3. The molecular weight excluding hydrogens is 252 g/mol. The van der Waals surface area contributed by atoms with E-state index in [2.05, 4.69) is 32.6 Å². The molecule has 2 aliphatic rings. The molecule has 5 nitrogen and oxygen atoms in total. The molecular formula is C15H24N4O. The van der Waals surface area contributed by atoms with Crippen molar-refractivity contribution in [1.82, 2.24) is 19.6 Å². The number of aryl methyl sites for hydroxylation is 1. The van der Waals surface area contributed by atoms with Gasteiger partial charge in [0, 0.05) is 51.4 Å². The van der Waals surface area contributed by atoms with Crippen molar-refractivity contribution in [3.05, 3.63) is 18.0 Å². The van der Waals surface area contributed by atoms with Crippen LogP contribution in [0.3, 0.4) is 0 Å². The maximum Gasteiger partial charge on any atom is 0.225 e. The SMILES string of the molecule is CCn1nccc1CN1CCCN(C(=O)C2CC2)CC1. The zero-order valence-electron chi connectivity index (χ0n) is 12.3. The Balaban J connectivity index is 1.55. The van der Waals surface area contributed by atoms with Crippen LogP contribution in [0.2, 0.25) is 0 Å². The van der Waals surface area contributed by atoms with Gasteiger partial charge in [-0.3, -0.25) is 14.4 Å². The lowest BCUT2D eigenvalue weighted by Crippen LogP contribution is -2.36. The molecule has 20 heavy (non-hydrogen) atoms. The van der Waals surface area contributed by atoms with Gasteiger partial charge in [0.05, 0.1) is 5.69 Å². The van der Waals surface area contributed by atoms with E-state index in [1.165, 1.54) is 5.69 Å². The number of rotatable bonds is 4. The van der Waals surface area contributed by atoms with Gasteiger partial charge in [0.15, 0.2) is 0 Å². The summed E-state index contributed by atoms with van der Waals surface area (Å²) >= 11 is 0. The van der Waals surface area contributed by atoms with E-state index in [1.807, 2.05) is 6.20 Å². The van der Waals surface area contributed by atoms with E-state index in [0.717, 1.165) is 58.5 Å². The van der Waals surface area contributed by atoms with Crippen LogP contribution in [0.25, 0.3) is 0 Å². The highest BCUT2D eigenvalue weighted by molar-refractivity contribution is 5.81. The molecule has 0 unspecified atom stereocenters. The van der Waals surface area contributed by atoms with Gasteiger partial charge in [-0.05, 0) is 32.3 Å². The van der Waals surface area contributed by atoms with Crippen LogP contribution in [0, 0.1) is 5.92 Å². The van der Waals surface area contributed by atoms with E-state index < -0.39 is 0 Å². The van der Waals surface area contributed by atoms with Gasteiger partial charge in [-0.15, -0.1) is 0 Å². The second-order valence-electron chi connectivity index (χ2n) is 5.87. The predicted octanol–water partition coefficient (Wildman–Crippen LogP) is 1.35. The van der Waals surface area contributed by atoms with Crippen LogP contribution in [0.15, 0.2) is 12.3 Å². The topological polar surface area (TPSA) is 41.4 Å². The number of carbonyl (C=O) groups excluding carboxylic acids is 1. The molecule has 2 fully saturated rings. The third-order valence-corrected chi connectivity index (χ3v) is 4.32. The van der Waals surface area contributed by atoms with Gasteiger partial charge in [-0.1, -0.05) is 0 Å². The van der Waals surface area contributed by atoms with Gasteiger partial charge in [0.1, 0.15) is 0 Å². The summed E-state index contributed by atoms with van der Waals surface area (Å²) < 4.78 is 2.05. The van der Waals surface area contributed by atoms with Crippen LogP contribution in [-0.4, -0.2) is 51.7 Å². The first-order valence-electron chi connectivity index (χ1n) is 7.79. The highest BCUT2D eigenvalue weighted by Crippen LogP contribution is 2.31. The molecule has 0 aromatic carbocycles. The molecule has 3 rings (SSSR count). The lowest BCUT2D eigenvalue weighted by atomic mass is 10.3. The summed E-state index contributed by atoms with van der Waals surface area (Å²) in [5.41, 5.74) is 1.27. The first kappa shape index (κ1) is 13.6. The Morgan fingerprint density at radius 3 is 2.90 bits per heavy atom. The highest BCUT2D eigenvalue weighted by Gasteiger charge is 2.33. The van der Waals surface area contributed by atoms with E-state index in [4.69, 9.17) is 0 Å². The highest BCUT2D eigenvalue weighted by atomic mass is 16.2. The number of amides is 1. The normalized spacial score (nSPS) is 20.9.